The van der Waals surface area contributed by atoms with E-state index in [1.54, 1.807) is 48.7 Å². The summed E-state index contributed by atoms with van der Waals surface area (Å²) in [5.41, 5.74) is 2.76. The first-order chi connectivity index (χ1) is 17.4. The highest BCUT2D eigenvalue weighted by Crippen LogP contribution is 2.32. The zero-order valence-electron chi connectivity index (χ0n) is 19.5. The number of carboxylic acid groups (broad SMARTS) is 1. The van der Waals surface area contributed by atoms with E-state index in [-0.39, 0.29) is 10.6 Å². The SMILES string of the molecule is COc1ccc(-c2cccc(Nc3ccccn3)c2)cc1S(=O)(=O)NC(CC(=O)O)c1ccccc1. The van der Waals surface area contributed by atoms with Crippen molar-refractivity contribution in [3.63, 3.8) is 0 Å². The maximum absolute atomic E-state index is 13.5. The van der Waals surface area contributed by atoms with E-state index in [0.717, 1.165) is 11.3 Å². The number of methoxy groups -OCH3 is 1. The fourth-order valence-corrected chi connectivity index (χ4v) is 5.18. The number of benzene rings is 3. The summed E-state index contributed by atoms with van der Waals surface area (Å²) in [6.07, 6.45) is 1.28. The van der Waals surface area contributed by atoms with Gasteiger partial charge in [0.15, 0.2) is 0 Å². The summed E-state index contributed by atoms with van der Waals surface area (Å²) >= 11 is 0. The standard InChI is InChI=1S/C27H25N3O5S/c1-35-24-14-13-21(20-10-7-11-22(16-20)29-26-12-5-6-15-28-26)17-25(24)36(33,34)30-23(18-27(31)32)19-8-3-2-4-9-19/h2-17,23,30H,18H2,1H3,(H,28,29)(H,31,32). The van der Waals surface area contributed by atoms with Crippen molar-refractivity contribution in [2.75, 3.05) is 12.4 Å². The normalized spacial score (nSPS) is 12.0. The minimum Gasteiger partial charge on any atom is -0.495 e. The molecule has 4 aromatic rings. The van der Waals surface area contributed by atoms with Gasteiger partial charge in [-0.2, -0.15) is 0 Å². The molecule has 0 amide bonds. The zero-order chi connectivity index (χ0) is 25.5. The minimum atomic E-state index is -4.15. The predicted molar refractivity (Wildman–Crippen MR) is 138 cm³/mol. The largest absolute Gasteiger partial charge is 0.495 e. The predicted octanol–water partition coefficient (Wildman–Crippen LogP) is 5.00. The highest BCUT2D eigenvalue weighted by molar-refractivity contribution is 7.89. The lowest BCUT2D eigenvalue weighted by molar-refractivity contribution is -0.137. The van der Waals surface area contributed by atoms with Gasteiger partial charge < -0.3 is 15.2 Å². The van der Waals surface area contributed by atoms with Crippen LogP contribution in [0.15, 0.2) is 102 Å². The van der Waals surface area contributed by atoms with Gasteiger partial charge >= 0.3 is 5.97 Å². The number of aromatic nitrogens is 1. The monoisotopic (exact) mass is 503 g/mol. The lowest BCUT2D eigenvalue weighted by Crippen LogP contribution is -2.30. The van der Waals surface area contributed by atoms with E-state index in [2.05, 4.69) is 15.0 Å². The molecule has 1 heterocycles. The number of rotatable bonds is 10. The van der Waals surface area contributed by atoms with Crippen molar-refractivity contribution in [2.24, 2.45) is 0 Å². The maximum Gasteiger partial charge on any atom is 0.305 e. The van der Waals surface area contributed by atoms with Gasteiger partial charge in [-0.15, -0.1) is 0 Å². The number of nitrogens with one attached hydrogen (secondary N) is 2. The third-order valence-corrected chi connectivity index (χ3v) is 6.96. The van der Waals surface area contributed by atoms with Crippen molar-refractivity contribution in [1.82, 2.24) is 9.71 Å². The summed E-state index contributed by atoms with van der Waals surface area (Å²) in [4.78, 5) is 15.6. The Hall–Kier alpha value is -4.21. The van der Waals surface area contributed by atoms with Crippen LogP contribution in [0.3, 0.4) is 0 Å². The van der Waals surface area contributed by atoms with E-state index in [4.69, 9.17) is 4.74 Å². The van der Waals surface area contributed by atoms with Gasteiger partial charge in [-0.25, -0.2) is 18.1 Å². The molecule has 0 saturated carbocycles. The number of nitrogens with zero attached hydrogens (tertiary/aromatic N) is 1. The van der Waals surface area contributed by atoms with Crippen molar-refractivity contribution in [3.8, 4) is 16.9 Å². The first-order valence-electron chi connectivity index (χ1n) is 11.1. The molecule has 4 rings (SSSR count). The van der Waals surface area contributed by atoms with E-state index in [1.165, 1.54) is 13.2 Å². The number of hydrogen-bond acceptors (Lipinski definition) is 6. The van der Waals surface area contributed by atoms with Crippen LogP contribution in [0.5, 0.6) is 5.75 Å². The van der Waals surface area contributed by atoms with Crippen LogP contribution < -0.4 is 14.8 Å². The summed E-state index contributed by atoms with van der Waals surface area (Å²) in [6.45, 7) is 0. The summed E-state index contributed by atoms with van der Waals surface area (Å²) < 4.78 is 34.8. The number of carbonyl (C=O) groups is 1. The summed E-state index contributed by atoms with van der Waals surface area (Å²) in [5, 5.41) is 12.6. The molecule has 8 nitrogen and oxygen atoms in total. The van der Waals surface area contributed by atoms with Crippen molar-refractivity contribution < 1.29 is 23.1 Å². The van der Waals surface area contributed by atoms with Gasteiger partial charge in [0.05, 0.1) is 19.6 Å². The first-order valence-corrected chi connectivity index (χ1v) is 12.6. The molecule has 3 aromatic carbocycles. The highest BCUT2D eigenvalue weighted by Gasteiger charge is 2.26. The maximum atomic E-state index is 13.5. The van der Waals surface area contributed by atoms with Crippen molar-refractivity contribution >= 4 is 27.5 Å². The van der Waals surface area contributed by atoms with Crippen LogP contribution >= 0.6 is 0 Å². The molecule has 184 valence electrons. The molecule has 0 aliphatic heterocycles. The van der Waals surface area contributed by atoms with Gasteiger partial charge in [0.1, 0.15) is 16.5 Å². The summed E-state index contributed by atoms with van der Waals surface area (Å²) in [6, 6.07) is 25.6. The van der Waals surface area contributed by atoms with Crippen LogP contribution in [0.1, 0.15) is 18.0 Å². The number of pyridine rings is 1. The van der Waals surface area contributed by atoms with Crippen LogP contribution in [0.4, 0.5) is 11.5 Å². The van der Waals surface area contributed by atoms with Gasteiger partial charge in [0.2, 0.25) is 10.0 Å². The molecule has 36 heavy (non-hydrogen) atoms. The fourth-order valence-electron chi connectivity index (χ4n) is 3.77. The topological polar surface area (TPSA) is 118 Å². The number of aliphatic carboxylic acids is 1. The molecular weight excluding hydrogens is 478 g/mol. The fraction of sp³-hybridized carbons (Fsp3) is 0.111. The number of anilines is 2. The highest BCUT2D eigenvalue weighted by atomic mass is 32.2. The van der Waals surface area contributed by atoms with Gasteiger partial charge in [-0.3, -0.25) is 4.79 Å². The van der Waals surface area contributed by atoms with Crippen molar-refractivity contribution in [2.45, 2.75) is 17.4 Å². The van der Waals surface area contributed by atoms with Crippen LogP contribution in [0, 0.1) is 0 Å². The molecular formula is C27H25N3O5S. The average Bonchev–Trinajstić information content (AvgIpc) is 2.89. The van der Waals surface area contributed by atoms with E-state index >= 15 is 0 Å². The smallest absolute Gasteiger partial charge is 0.305 e. The van der Waals surface area contributed by atoms with E-state index < -0.39 is 28.5 Å². The van der Waals surface area contributed by atoms with Gasteiger partial charge in [-0.05, 0) is 53.1 Å². The molecule has 9 heteroatoms. The molecule has 0 bridgehead atoms. The quantitative estimate of drug-likeness (QED) is 0.279. The van der Waals surface area contributed by atoms with Gasteiger partial charge in [0, 0.05) is 11.9 Å². The Balaban J connectivity index is 1.68. The number of ether oxygens (including phenoxy) is 1. The minimum absolute atomic E-state index is 0.0862. The Kier molecular flexibility index (Phi) is 7.62. The van der Waals surface area contributed by atoms with Crippen LogP contribution in [-0.4, -0.2) is 31.6 Å². The molecule has 1 unspecified atom stereocenters. The molecule has 0 saturated heterocycles. The number of sulfonamides is 1. The Morgan fingerprint density at radius 3 is 2.39 bits per heavy atom. The molecule has 1 atom stereocenters. The van der Waals surface area contributed by atoms with Gasteiger partial charge in [-0.1, -0.05) is 54.6 Å². The second-order valence-corrected chi connectivity index (χ2v) is 9.65. The Labute approximate surface area is 209 Å². The lowest BCUT2D eigenvalue weighted by atomic mass is 10.0. The van der Waals surface area contributed by atoms with Crippen LogP contribution in [0.25, 0.3) is 11.1 Å². The Morgan fingerprint density at radius 1 is 0.944 bits per heavy atom. The lowest BCUT2D eigenvalue weighted by Gasteiger charge is -2.19. The molecule has 1 aromatic heterocycles. The molecule has 0 radical (unpaired) electrons. The van der Waals surface area contributed by atoms with Crippen LogP contribution in [0.2, 0.25) is 0 Å². The molecule has 0 spiro atoms. The molecule has 3 N–H and O–H groups in total. The van der Waals surface area contributed by atoms with Crippen molar-refractivity contribution in [1.29, 1.82) is 0 Å². The second kappa shape index (κ2) is 11.0. The Morgan fingerprint density at radius 2 is 1.69 bits per heavy atom. The van der Waals surface area contributed by atoms with Crippen molar-refractivity contribution in [3.05, 3.63) is 103 Å². The third kappa shape index (κ3) is 6.07. The van der Waals surface area contributed by atoms with E-state index in [1.807, 2.05) is 42.5 Å². The zero-order valence-corrected chi connectivity index (χ0v) is 20.3. The number of carboxylic acids is 1. The molecule has 0 aliphatic rings. The van der Waals surface area contributed by atoms with Gasteiger partial charge in [0.25, 0.3) is 0 Å². The second-order valence-electron chi connectivity index (χ2n) is 7.97. The number of hydrogen-bond donors (Lipinski definition) is 3. The summed E-state index contributed by atoms with van der Waals surface area (Å²) in [7, 11) is -2.76. The average molecular weight is 504 g/mol. The third-order valence-electron chi connectivity index (χ3n) is 5.46. The van der Waals surface area contributed by atoms with Crippen LogP contribution in [-0.2, 0) is 14.8 Å². The van der Waals surface area contributed by atoms with E-state index in [0.29, 0.717) is 16.9 Å². The molecule has 0 aliphatic carbocycles. The Bertz CT molecular complexity index is 1440. The summed E-state index contributed by atoms with van der Waals surface area (Å²) in [5.74, 6) is -0.289. The van der Waals surface area contributed by atoms with E-state index in [9.17, 15) is 18.3 Å². The first kappa shape index (κ1) is 24.9. The molecule has 0 fully saturated rings.